The molecule has 3 fully saturated rings. The zero-order valence-electron chi connectivity index (χ0n) is 23.1. The molecule has 2 aromatic heterocycles. The first-order valence-electron chi connectivity index (χ1n) is 14.7. The van der Waals surface area contributed by atoms with Crippen molar-refractivity contribution in [3.05, 3.63) is 73.1 Å². The average Bonchev–Trinajstić information content (AvgIpc) is 3.95. The van der Waals surface area contributed by atoms with Crippen molar-refractivity contribution in [1.29, 1.82) is 0 Å². The van der Waals surface area contributed by atoms with E-state index in [1.165, 1.54) is 32.0 Å². The lowest BCUT2D eigenvalue weighted by molar-refractivity contribution is -0.127. The number of nitrogens with zero attached hydrogens (tertiary/aromatic N) is 6. The van der Waals surface area contributed by atoms with Crippen LogP contribution in [0.25, 0.3) is 22.3 Å². The number of carbonyl (C=O) groups is 1. The van der Waals surface area contributed by atoms with E-state index in [2.05, 4.69) is 20.9 Å². The third-order valence-electron chi connectivity index (χ3n) is 8.29. The Morgan fingerprint density at radius 3 is 2.44 bits per heavy atom. The van der Waals surface area contributed by atoms with Gasteiger partial charge in [-0.05, 0) is 74.9 Å². The van der Waals surface area contributed by atoms with E-state index in [0.29, 0.717) is 18.0 Å². The number of piperidine rings is 1. The van der Waals surface area contributed by atoms with Crippen molar-refractivity contribution in [2.75, 3.05) is 25.4 Å². The van der Waals surface area contributed by atoms with Crippen molar-refractivity contribution in [2.45, 2.75) is 56.7 Å². The number of carbonyl (C=O) groups excluding carboxylic acids is 1. The SMILES string of the molecule is Nc1ncnc2c1c(-c1ccc(Oc3ccccc3)cc1)nn2[C@@H]1CCCN(C(=O)C=CCN(C2CC2)C2CC2)C1. The smallest absolute Gasteiger partial charge is 0.246 e. The highest BCUT2D eigenvalue weighted by Gasteiger charge is 2.38. The molecule has 9 nitrogen and oxygen atoms in total. The zero-order chi connectivity index (χ0) is 27.8. The van der Waals surface area contributed by atoms with Crippen LogP contribution >= 0.6 is 0 Å². The van der Waals surface area contributed by atoms with Gasteiger partial charge in [0.25, 0.3) is 0 Å². The van der Waals surface area contributed by atoms with Crippen LogP contribution in [0.2, 0.25) is 0 Å². The highest BCUT2D eigenvalue weighted by molar-refractivity contribution is 5.98. The van der Waals surface area contributed by atoms with Gasteiger partial charge in [0.2, 0.25) is 5.91 Å². The second kappa shape index (κ2) is 11.0. The van der Waals surface area contributed by atoms with Gasteiger partial charge >= 0.3 is 0 Å². The number of nitrogen functional groups attached to an aromatic ring is 1. The maximum Gasteiger partial charge on any atom is 0.246 e. The number of hydrogen-bond donors (Lipinski definition) is 1. The van der Waals surface area contributed by atoms with Gasteiger partial charge < -0.3 is 15.4 Å². The van der Waals surface area contributed by atoms with Crippen LogP contribution < -0.4 is 10.5 Å². The van der Waals surface area contributed by atoms with E-state index >= 15 is 0 Å². The Morgan fingerprint density at radius 2 is 1.71 bits per heavy atom. The highest BCUT2D eigenvalue weighted by Crippen LogP contribution is 2.37. The normalized spacial score (nSPS) is 19.3. The molecular formula is C32H35N7O2. The minimum Gasteiger partial charge on any atom is -0.457 e. The molecule has 1 saturated heterocycles. The van der Waals surface area contributed by atoms with E-state index < -0.39 is 0 Å². The summed E-state index contributed by atoms with van der Waals surface area (Å²) in [6.45, 7) is 2.21. The van der Waals surface area contributed by atoms with E-state index in [1.54, 1.807) is 6.08 Å². The summed E-state index contributed by atoms with van der Waals surface area (Å²) in [6.07, 6.45) is 12.3. The Kier molecular flexibility index (Phi) is 6.88. The molecule has 2 N–H and O–H groups in total. The number of fused-ring (bicyclic) bond motifs is 1. The van der Waals surface area contributed by atoms with Crippen molar-refractivity contribution >= 4 is 22.8 Å². The molecule has 2 saturated carbocycles. The van der Waals surface area contributed by atoms with Gasteiger partial charge in [-0.2, -0.15) is 5.10 Å². The van der Waals surface area contributed by atoms with Crippen LogP contribution in [0.5, 0.6) is 11.5 Å². The predicted octanol–water partition coefficient (Wildman–Crippen LogP) is 5.21. The lowest BCUT2D eigenvalue weighted by Gasteiger charge is -2.32. The first-order valence-corrected chi connectivity index (χ1v) is 14.7. The summed E-state index contributed by atoms with van der Waals surface area (Å²) in [5.41, 5.74) is 8.69. The Morgan fingerprint density at radius 1 is 0.976 bits per heavy atom. The number of hydrogen-bond acceptors (Lipinski definition) is 7. The van der Waals surface area contributed by atoms with Crippen LogP contribution in [0.1, 0.15) is 44.6 Å². The minimum absolute atomic E-state index is 0.00163. The van der Waals surface area contributed by atoms with Crippen molar-refractivity contribution in [3.8, 4) is 22.8 Å². The number of benzene rings is 2. The van der Waals surface area contributed by atoms with Gasteiger partial charge in [-0.1, -0.05) is 24.3 Å². The first-order chi connectivity index (χ1) is 20.1. The van der Waals surface area contributed by atoms with Gasteiger partial charge in [0.05, 0.1) is 11.4 Å². The zero-order valence-corrected chi connectivity index (χ0v) is 23.1. The third kappa shape index (κ3) is 5.54. The monoisotopic (exact) mass is 549 g/mol. The fourth-order valence-corrected chi connectivity index (χ4v) is 5.90. The molecule has 41 heavy (non-hydrogen) atoms. The van der Waals surface area contributed by atoms with E-state index in [-0.39, 0.29) is 11.9 Å². The highest BCUT2D eigenvalue weighted by atomic mass is 16.5. The molecule has 0 radical (unpaired) electrons. The summed E-state index contributed by atoms with van der Waals surface area (Å²) in [7, 11) is 0. The molecule has 9 heteroatoms. The number of rotatable bonds is 9. The number of ether oxygens (including phenoxy) is 1. The van der Waals surface area contributed by atoms with E-state index in [9.17, 15) is 4.79 Å². The molecule has 1 atom stereocenters. The van der Waals surface area contributed by atoms with Gasteiger partial charge in [0.15, 0.2) is 5.65 Å². The number of likely N-dealkylation sites (tertiary alicyclic amines) is 1. The number of aromatic nitrogens is 4. The van der Waals surface area contributed by atoms with Crippen LogP contribution in [0.15, 0.2) is 73.1 Å². The van der Waals surface area contributed by atoms with Crippen LogP contribution in [0.3, 0.4) is 0 Å². The van der Waals surface area contributed by atoms with E-state index in [0.717, 1.165) is 66.2 Å². The third-order valence-corrected chi connectivity index (χ3v) is 8.29. The fraction of sp³-hybridized carbons (Fsp3) is 0.375. The second-order valence-corrected chi connectivity index (χ2v) is 11.3. The van der Waals surface area contributed by atoms with Crippen molar-refractivity contribution in [3.63, 3.8) is 0 Å². The standard InChI is InChI=1S/C32H35N7O2/c33-31-29-30(22-10-16-27(17-11-22)41-26-7-2-1-3-8-26)36-39(32(29)35-21-34-31)25-6-4-18-37(20-25)28(40)9-5-19-38(23-12-13-23)24-14-15-24/h1-3,5,7-11,16-17,21,23-25H,4,6,12-15,18-20H2,(H2,33,34,35)/t25-/m1/s1. The van der Waals surface area contributed by atoms with Crippen LogP contribution in [-0.2, 0) is 4.79 Å². The molecule has 210 valence electrons. The molecule has 2 aromatic carbocycles. The number of nitrogens with two attached hydrogens (primary N) is 1. The summed E-state index contributed by atoms with van der Waals surface area (Å²) in [5.74, 6) is 1.98. The van der Waals surface area contributed by atoms with Gasteiger partial charge in [-0.15, -0.1) is 0 Å². The topological polar surface area (TPSA) is 102 Å². The number of amides is 1. The summed E-state index contributed by atoms with van der Waals surface area (Å²) in [6, 6.07) is 19.0. The quantitative estimate of drug-likeness (QED) is 0.286. The Balaban J connectivity index is 1.10. The maximum absolute atomic E-state index is 13.2. The summed E-state index contributed by atoms with van der Waals surface area (Å²) >= 11 is 0. The van der Waals surface area contributed by atoms with E-state index in [1.807, 2.05) is 64.2 Å². The van der Waals surface area contributed by atoms with Gasteiger partial charge in [-0.3, -0.25) is 9.69 Å². The van der Waals surface area contributed by atoms with Crippen LogP contribution in [0, 0.1) is 0 Å². The maximum atomic E-state index is 13.2. The Labute approximate surface area is 239 Å². The van der Waals surface area contributed by atoms with E-state index in [4.69, 9.17) is 15.6 Å². The van der Waals surface area contributed by atoms with Crippen molar-refractivity contribution in [1.82, 2.24) is 29.5 Å². The molecular weight excluding hydrogens is 514 g/mol. The summed E-state index contributed by atoms with van der Waals surface area (Å²) < 4.78 is 7.91. The average molecular weight is 550 g/mol. The molecule has 2 aliphatic carbocycles. The lowest BCUT2D eigenvalue weighted by Crippen LogP contribution is -2.40. The largest absolute Gasteiger partial charge is 0.457 e. The van der Waals surface area contributed by atoms with Gasteiger partial charge in [0, 0.05) is 43.4 Å². The molecule has 3 heterocycles. The minimum atomic E-state index is 0.00163. The molecule has 0 bridgehead atoms. The fourth-order valence-electron chi connectivity index (χ4n) is 5.90. The van der Waals surface area contributed by atoms with Crippen molar-refractivity contribution in [2.24, 2.45) is 0 Å². The molecule has 3 aliphatic rings. The summed E-state index contributed by atoms with van der Waals surface area (Å²) in [4.78, 5) is 26.5. The van der Waals surface area contributed by atoms with Crippen LogP contribution in [-0.4, -0.2) is 67.2 Å². The first kappa shape index (κ1) is 25.7. The molecule has 1 amide bonds. The van der Waals surface area contributed by atoms with Crippen molar-refractivity contribution < 1.29 is 9.53 Å². The molecule has 1 aliphatic heterocycles. The molecule has 0 spiro atoms. The van der Waals surface area contributed by atoms with Gasteiger partial charge in [0.1, 0.15) is 29.3 Å². The van der Waals surface area contributed by atoms with Crippen LogP contribution in [0.4, 0.5) is 5.82 Å². The predicted molar refractivity (Wildman–Crippen MR) is 158 cm³/mol. The number of para-hydroxylation sites is 1. The Hall–Kier alpha value is -4.24. The summed E-state index contributed by atoms with van der Waals surface area (Å²) in [5, 5.41) is 5.75. The Bertz CT molecular complexity index is 1550. The number of anilines is 1. The molecule has 0 unspecified atom stereocenters. The van der Waals surface area contributed by atoms with Gasteiger partial charge in [-0.25, -0.2) is 14.6 Å². The molecule has 7 rings (SSSR count). The molecule has 4 aromatic rings. The lowest BCUT2D eigenvalue weighted by atomic mass is 10.1. The second-order valence-electron chi connectivity index (χ2n) is 11.3.